The highest BCUT2D eigenvalue weighted by Gasteiger charge is 2.09. The largest absolute Gasteiger partial charge is 0.392 e. The Morgan fingerprint density at radius 1 is 1.05 bits per heavy atom. The van der Waals surface area contributed by atoms with Crippen LogP contribution in [-0.4, -0.2) is 32.6 Å². The Bertz CT molecular complexity index is 451. The summed E-state index contributed by atoms with van der Waals surface area (Å²) in [6.07, 6.45) is 4.27. The molecule has 0 amide bonds. The van der Waals surface area contributed by atoms with Crippen LogP contribution in [0.4, 0.5) is 0 Å². The summed E-state index contributed by atoms with van der Waals surface area (Å²) >= 11 is 0. The summed E-state index contributed by atoms with van der Waals surface area (Å²) in [5.41, 5.74) is 1.97. The molecule has 19 heavy (non-hydrogen) atoms. The number of benzene rings is 1. The van der Waals surface area contributed by atoms with E-state index in [0.29, 0.717) is 16.7 Å². The third-order valence-corrected chi connectivity index (χ3v) is 2.85. The van der Waals surface area contributed by atoms with E-state index >= 15 is 0 Å². The van der Waals surface area contributed by atoms with Crippen molar-refractivity contribution in [1.82, 2.24) is 0 Å². The topological polar surface area (TPSA) is 80.9 Å². The van der Waals surface area contributed by atoms with Gasteiger partial charge in [0.25, 0.3) is 0 Å². The summed E-state index contributed by atoms with van der Waals surface area (Å²) in [6.45, 7) is 1.42. The van der Waals surface area contributed by atoms with Gasteiger partial charge in [0.15, 0.2) is 0 Å². The summed E-state index contributed by atoms with van der Waals surface area (Å²) < 4.78 is 0. The Morgan fingerprint density at radius 3 is 2.32 bits per heavy atom. The quantitative estimate of drug-likeness (QED) is 0.577. The fourth-order valence-corrected chi connectivity index (χ4v) is 1.78. The van der Waals surface area contributed by atoms with Crippen molar-refractivity contribution in [3.8, 4) is 0 Å². The Kier molecular flexibility index (Phi) is 6.45. The summed E-state index contributed by atoms with van der Waals surface area (Å²) in [7, 11) is 0. The maximum absolute atomic E-state index is 9.70. The molecule has 0 aromatic heterocycles. The lowest BCUT2D eigenvalue weighted by molar-refractivity contribution is 0.0812. The normalized spacial score (nSPS) is 15.2. The monoisotopic (exact) mass is 264 g/mol. The maximum Gasteiger partial charge on any atom is 0.102 e. The average Bonchev–Trinajstić information content (AvgIpc) is 2.44. The van der Waals surface area contributed by atoms with Crippen molar-refractivity contribution < 1.29 is 20.4 Å². The van der Waals surface area contributed by atoms with Crippen molar-refractivity contribution >= 4 is 6.08 Å². The number of rotatable bonds is 6. The van der Waals surface area contributed by atoms with Gasteiger partial charge in [0, 0.05) is 0 Å². The maximum atomic E-state index is 9.70. The average molecular weight is 264 g/mol. The predicted octanol–water partition coefficient (Wildman–Crippen LogP) is 0.982. The second-order valence-electron chi connectivity index (χ2n) is 4.17. The zero-order valence-corrected chi connectivity index (χ0v) is 10.9. The van der Waals surface area contributed by atoms with Crippen molar-refractivity contribution in [2.75, 3.05) is 0 Å². The molecule has 0 fully saturated rings. The molecule has 1 rings (SSSR count). The SMILES string of the molecule is CC=CC(O)C(O)C=Cc1cccc(CO)c1CO. The third kappa shape index (κ3) is 4.29. The van der Waals surface area contributed by atoms with Crippen molar-refractivity contribution in [2.24, 2.45) is 0 Å². The number of hydrogen-bond acceptors (Lipinski definition) is 4. The Labute approximate surface area is 113 Å². The van der Waals surface area contributed by atoms with Crippen LogP contribution in [0.15, 0.2) is 36.4 Å². The standard InChI is InChI=1S/C15H20O4/c1-2-4-14(18)15(19)8-7-11-5-3-6-12(9-16)13(11)10-17/h2-8,14-19H,9-10H2,1H3. The van der Waals surface area contributed by atoms with E-state index in [-0.39, 0.29) is 13.2 Å². The van der Waals surface area contributed by atoms with E-state index < -0.39 is 12.2 Å². The summed E-state index contributed by atoms with van der Waals surface area (Å²) in [6, 6.07) is 5.27. The van der Waals surface area contributed by atoms with E-state index in [4.69, 9.17) is 0 Å². The number of allylic oxidation sites excluding steroid dienone is 1. The minimum absolute atomic E-state index is 0.151. The fraction of sp³-hybridized carbons (Fsp3) is 0.333. The highest BCUT2D eigenvalue weighted by molar-refractivity contribution is 5.56. The van der Waals surface area contributed by atoms with Gasteiger partial charge in [-0.1, -0.05) is 42.5 Å². The molecule has 2 atom stereocenters. The molecule has 4 nitrogen and oxygen atoms in total. The zero-order valence-electron chi connectivity index (χ0n) is 10.9. The van der Waals surface area contributed by atoms with Crippen LogP contribution in [0.5, 0.6) is 0 Å². The smallest absolute Gasteiger partial charge is 0.102 e. The van der Waals surface area contributed by atoms with Crippen LogP contribution in [-0.2, 0) is 13.2 Å². The summed E-state index contributed by atoms with van der Waals surface area (Å²) in [4.78, 5) is 0. The van der Waals surface area contributed by atoms with Crippen LogP contribution >= 0.6 is 0 Å². The van der Waals surface area contributed by atoms with Crippen LogP contribution in [0.2, 0.25) is 0 Å². The fourth-order valence-electron chi connectivity index (χ4n) is 1.78. The molecule has 0 aliphatic carbocycles. The van der Waals surface area contributed by atoms with E-state index in [2.05, 4.69) is 0 Å². The van der Waals surface area contributed by atoms with Gasteiger partial charge in [0.1, 0.15) is 12.2 Å². The molecular weight excluding hydrogens is 244 g/mol. The molecule has 0 radical (unpaired) electrons. The number of hydrogen-bond donors (Lipinski definition) is 4. The third-order valence-electron chi connectivity index (χ3n) is 2.85. The second kappa shape index (κ2) is 7.86. The van der Waals surface area contributed by atoms with Crippen molar-refractivity contribution in [1.29, 1.82) is 0 Å². The first-order chi connectivity index (χ1) is 9.13. The van der Waals surface area contributed by atoms with Gasteiger partial charge in [-0.25, -0.2) is 0 Å². The van der Waals surface area contributed by atoms with Crippen molar-refractivity contribution in [3.63, 3.8) is 0 Å². The van der Waals surface area contributed by atoms with Gasteiger partial charge in [0.05, 0.1) is 13.2 Å². The first kappa shape index (κ1) is 15.6. The van der Waals surface area contributed by atoms with Gasteiger partial charge < -0.3 is 20.4 Å². The molecule has 0 heterocycles. The lowest BCUT2D eigenvalue weighted by Crippen LogP contribution is -2.20. The van der Waals surface area contributed by atoms with Gasteiger partial charge in [-0.15, -0.1) is 0 Å². The molecule has 1 aromatic carbocycles. The predicted molar refractivity (Wildman–Crippen MR) is 74.1 cm³/mol. The van der Waals surface area contributed by atoms with Gasteiger partial charge in [0.2, 0.25) is 0 Å². The van der Waals surface area contributed by atoms with E-state index in [9.17, 15) is 20.4 Å². The van der Waals surface area contributed by atoms with Gasteiger partial charge >= 0.3 is 0 Å². The second-order valence-corrected chi connectivity index (χ2v) is 4.17. The van der Waals surface area contributed by atoms with Gasteiger partial charge in [-0.3, -0.25) is 0 Å². The van der Waals surface area contributed by atoms with Crippen LogP contribution < -0.4 is 0 Å². The van der Waals surface area contributed by atoms with Gasteiger partial charge in [-0.2, -0.15) is 0 Å². The number of aliphatic hydroxyl groups excluding tert-OH is 4. The molecule has 4 heteroatoms. The molecule has 0 saturated heterocycles. The number of aliphatic hydroxyl groups is 4. The molecule has 0 spiro atoms. The molecule has 0 saturated carbocycles. The van der Waals surface area contributed by atoms with Crippen LogP contribution in [0.1, 0.15) is 23.6 Å². The minimum Gasteiger partial charge on any atom is -0.392 e. The van der Waals surface area contributed by atoms with E-state index in [1.54, 1.807) is 37.3 Å². The first-order valence-corrected chi connectivity index (χ1v) is 6.13. The van der Waals surface area contributed by atoms with Gasteiger partial charge in [-0.05, 0) is 23.6 Å². The highest BCUT2D eigenvalue weighted by Crippen LogP contribution is 2.17. The minimum atomic E-state index is -1.01. The molecule has 104 valence electrons. The van der Waals surface area contributed by atoms with Crippen molar-refractivity contribution in [3.05, 3.63) is 53.1 Å². The lowest BCUT2D eigenvalue weighted by atomic mass is 10.0. The summed E-state index contributed by atoms with van der Waals surface area (Å²) in [5.74, 6) is 0. The Hall–Kier alpha value is -1.46. The van der Waals surface area contributed by atoms with Crippen LogP contribution in [0.25, 0.3) is 6.08 Å². The van der Waals surface area contributed by atoms with Crippen LogP contribution in [0.3, 0.4) is 0 Å². The molecular formula is C15H20O4. The molecule has 4 N–H and O–H groups in total. The Morgan fingerprint density at radius 2 is 1.74 bits per heavy atom. The molecule has 1 aromatic rings. The van der Waals surface area contributed by atoms with Crippen molar-refractivity contribution in [2.45, 2.75) is 32.3 Å². The van der Waals surface area contributed by atoms with E-state index in [1.165, 1.54) is 12.2 Å². The lowest BCUT2D eigenvalue weighted by Gasteiger charge is -2.11. The highest BCUT2D eigenvalue weighted by atomic mass is 16.3. The first-order valence-electron chi connectivity index (χ1n) is 6.13. The Balaban J connectivity index is 2.93. The van der Waals surface area contributed by atoms with E-state index in [1.807, 2.05) is 0 Å². The van der Waals surface area contributed by atoms with Crippen LogP contribution in [0, 0.1) is 0 Å². The molecule has 2 unspecified atom stereocenters. The molecule has 0 aliphatic rings. The molecule has 0 bridgehead atoms. The summed E-state index contributed by atoms with van der Waals surface area (Å²) in [5, 5.41) is 37.7. The zero-order chi connectivity index (χ0) is 14.3. The molecule has 0 aliphatic heterocycles. The van der Waals surface area contributed by atoms with E-state index in [0.717, 1.165) is 0 Å².